The summed E-state index contributed by atoms with van der Waals surface area (Å²) in [6.07, 6.45) is 74.7. The third-order valence-corrected chi connectivity index (χ3v) is 11.0. The maximum absolute atomic E-state index is 12.8. The normalized spacial score (nSPS) is 13.1. The van der Waals surface area contributed by atoms with Gasteiger partial charge in [0.15, 0.2) is 6.10 Å². The van der Waals surface area contributed by atoms with E-state index in [4.69, 9.17) is 14.2 Å². The second-order valence-electron chi connectivity index (χ2n) is 17.4. The summed E-state index contributed by atoms with van der Waals surface area (Å²) in [5, 5.41) is 0. The second-order valence-corrected chi connectivity index (χ2v) is 17.4. The number of rotatable bonds is 47. The smallest absolute Gasteiger partial charge is 0.306 e. The summed E-state index contributed by atoms with van der Waals surface area (Å²) in [7, 11) is 0. The first-order valence-electron chi connectivity index (χ1n) is 27.1. The molecule has 0 heterocycles. The number of carbonyl (C=O) groups is 3. The van der Waals surface area contributed by atoms with Gasteiger partial charge in [-0.2, -0.15) is 0 Å². The summed E-state index contributed by atoms with van der Waals surface area (Å²) in [4.78, 5) is 38.0. The van der Waals surface area contributed by atoms with Crippen molar-refractivity contribution in [3.8, 4) is 0 Å². The molecule has 0 bridgehead atoms. The minimum atomic E-state index is -0.806. The lowest BCUT2D eigenvalue weighted by atomic mass is 10.1. The number of esters is 3. The molecule has 0 saturated carbocycles. The Labute approximate surface area is 412 Å². The van der Waals surface area contributed by atoms with E-state index in [0.29, 0.717) is 19.3 Å². The maximum atomic E-state index is 12.8. The van der Waals surface area contributed by atoms with Crippen LogP contribution < -0.4 is 0 Å². The molecule has 378 valence electrons. The Morgan fingerprint density at radius 2 is 0.627 bits per heavy atom. The van der Waals surface area contributed by atoms with Crippen molar-refractivity contribution in [1.29, 1.82) is 0 Å². The van der Waals surface area contributed by atoms with Gasteiger partial charge in [0.25, 0.3) is 0 Å². The first-order chi connectivity index (χ1) is 33.0. The average Bonchev–Trinajstić information content (AvgIpc) is 3.33. The van der Waals surface area contributed by atoms with Crippen molar-refractivity contribution in [1.82, 2.24) is 0 Å². The fourth-order valence-corrected chi connectivity index (χ4v) is 6.93. The van der Waals surface area contributed by atoms with Gasteiger partial charge >= 0.3 is 17.9 Å². The van der Waals surface area contributed by atoms with Crippen LogP contribution in [-0.4, -0.2) is 37.2 Å². The highest BCUT2D eigenvalue weighted by Crippen LogP contribution is 2.13. The lowest BCUT2D eigenvalue weighted by Gasteiger charge is -2.18. The third kappa shape index (κ3) is 52.6. The van der Waals surface area contributed by atoms with E-state index in [9.17, 15) is 14.4 Å². The van der Waals surface area contributed by atoms with Crippen molar-refractivity contribution in [3.63, 3.8) is 0 Å². The highest BCUT2D eigenvalue weighted by Gasteiger charge is 2.19. The van der Waals surface area contributed by atoms with Gasteiger partial charge in [0.1, 0.15) is 13.2 Å². The predicted octanol–water partition coefficient (Wildman–Crippen LogP) is 18.1. The highest BCUT2D eigenvalue weighted by atomic mass is 16.6. The van der Waals surface area contributed by atoms with Crippen LogP contribution in [0.4, 0.5) is 0 Å². The molecule has 67 heavy (non-hydrogen) atoms. The number of ether oxygens (including phenoxy) is 3. The molecule has 1 atom stereocenters. The van der Waals surface area contributed by atoms with E-state index in [0.717, 1.165) is 148 Å². The summed E-state index contributed by atoms with van der Waals surface area (Å²) in [5.41, 5.74) is 0. The van der Waals surface area contributed by atoms with Crippen molar-refractivity contribution >= 4 is 17.9 Å². The Morgan fingerprint density at radius 1 is 0.328 bits per heavy atom. The molecule has 6 nitrogen and oxygen atoms in total. The summed E-state index contributed by atoms with van der Waals surface area (Å²) in [6, 6.07) is 0. The van der Waals surface area contributed by atoms with E-state index >= 15 is 0 Å². The van der Waals surface area contributed by atoms with Crippen LogP contribution in [0.1, 0.15) is 226 Å². The zero-order valence-corrected chi connectivity index (χ0v) is 43.1. The minimum Gasteiger partial charge on any atom is -0.462 e. The molecule has 0 N–H and O–H groups in total. The van der Waals surface area contributed by atoms with Crippen LogP contribution in [0.2, 0.25) is 0 Å². The number of hydrogen-bond donors (Lipinski definition) is 0. The molecular weight excluding hydrogens is 829 g/mol. The van der Waals surface area contributed by atoms with Crippen LogP contribution in [0.25, 0.3) is 0 Å². The summed E-state index contributed by atoms with van der Waals surface area (Å²) < 4.78 is 16.8. The molecule has 0 aliphatic carbocycles. The van der Waals surface area contributed by atoms with Gasteiger partial charge in [-0.25, -0.2) is 0 Å². The molecule has 0 radical (unpaired) electrons. The fourth-order valence-electron chi connectivity index (χ4n) is 6.93. The van der Waals surface area contributed by atoms with E-state index in [1.165, 1.54) is 38.5 Å². The summed E-state index contributed by atoms with van der Waals surface area (Å²) in [6.45, 7) is 6.30. The Bertz CT molecular complexity index is 1440. The number of allylic oxidation sites excluding steroid dienone is 20. The van der Waals surface area contributed by atoms with Gasteiger partial charge in [-0.05, 0) is 116 Å². The molecule has 0 aromatic rings. The number of hydrogen-bond acceptors (Lipinski definition) is 6. The topological polar surface area (TPSA) is 78.9 Å². The van der Waals surface area contributed by atoms with Crippen molar-refractivity contribution < 1.29 is 28.6 Å². The molecule has 0 aromatic heterocycles. The molecular formula is C61H98O6. The first kappa shape index (κ1) is 62.8. The number of carbonyl (C=O) groups excluding carboxylic acids is 3. The average molecular weight is 927 g/mol. The van der Waals surface area contributed by atoms with Gasteiger partial charge in [0.2, 0.25) is 0 Å². The van der Waals surface area contributed by atoms with Crippen LogP contribution in [0.15, 0.2) is 122 Å². The molecule has 0 rings (SSSR count). The van der Waals surface area contributed by atoms with Gasteiger partial charge in [-0.3, -0.25) is 14.4 Å². The minimum absolute atomic E-state index is 0.104. The van der Waals surface area contributed by atoms with Gasteiger partial charge in [-0.1, -0.05) is 213 Å². The third-order valence-electron chi connectivity index (χ3n) is 11.0. The summed E-state index contributed by atoms with van der Waals surface area (Å²) >= 11 is 0. The molecule has 1 unspecified atom stereocenters. The van der Waals surface area contributed by atoms with Crippen molar-refractivity contribution in [2.75, 3.05) is 13.2 Å². The molecule has 0 aliphatic heterocycles. The van der Waals surface area contributed by atoms with Crippen molar-refractivity contribution in [2.45, 2.75) is 232 Å². The van der Waals surface area contributed by atoms with Crippen molar-refractivity contribution in [2.24, 2.45) is 0 Å². The van der Waals surface area contributed by atoms with Crippen LogP contribution >= 0.6 is 0 Å². The molecule has 0 aromatic carbocycles. The van der Waals surface area contributed by atoms with Crippen LogP contribution in [-0.2, 0) is 28.6 Å². The molecule has 6 heteroatoms. The fraction of sp³-hybridized carbons (Fsp3) is 0.623. The van der Waals surface area contributed by atoms with Gasteiger partial charge < -0.3 is 14.2 Å². The monoisotopic (exact) mass is 927 g/mol. The lowest BCUT2D eigenvalue weighted by Crippen LogP contribution is -2.30. The van der Waals surface area contributed by atoms with E-state index in [1.807, 2.05) is 0 Å². The Morgan fingerprint density at radius 3 is 1.01 bits per heavy atom. The van der Waals surface area contributed by atoms with Gasteiger partial charge in [0.05, 0.1) is 0 Å². The van der Waals surface area contributed by atoms with Crippen LogP contribution in [0.3, 0.4) is 0 Å². The Kier molecular flexibility index (Phi) is 51.0. The Balaban J connectivity index is 4.45. The first-order valence-corrected chi connectivity index (χ1v) is 27.1. The predicted molar refractivity (Wildman–Crippen MR) is 288 cm³/mol. The zero-order valence-electron chi connectivity index (χ0n) is 43.1. The van der Waals surface area contributed by atoms with E-state index in [1.54, 1.807) is 0 Å². The largest absolute Gasteiger partial charge is 0.462 e. The SMILES string of the molecule is CC/C=C\C/C=C\C/C=C\C/C=C\CCCCCCCCC(=O)OCC(COC(=O)CCCCC/C=C\C=C/CCCC)OC(=O)CCCCCCCC/C=C\C/C=C\C/C=C\C/C=C\CC. The number of unbranched alkanes of at least 4 members (excludes halogenated alkanes) is 17. The highest BCUT2D eigenvalue weighted by molar-refractivity contribution is 5.71. The van der Waals surface area contributed by atoms with E-state index in [-0.39, 0.29) is 31.1 Å². The second kappa shape index (κ2) is 54.4. The molecule has 0 aliphatic rings. The summed E-state index contributed by atoms with van der Waals surface area (Å²) in [5.74, 6) is -0.965. The van der Waals surface area contributed by atoms with Gasteiger partial charge in [0, 0.05) is 19.3 Å². The van der Waals surface area contributed by atoms with Crippen LogP contribution in [0, 0.1) is 0 Å². The van der Waals surface area contributed by atoms with E-state index in [2.05, 4.69) is 142 Å². The molecule has 0 amide bonds. The zero-order chi connectivity index (χ0) is 48.6. The lowest BCUT2D eigenvalue weighted by molar-refractivity contribution is -0.167. The van der Waals surface area contributed by atoms with Crippen LogP contribution in [0.5, 0.6) is 0 Å². The molecule has 0 saturated heterocycles. The van der Waals surface area contributed by atoms with Gasteiger partial charge in [-0.15, -0.1) is 0 Å². The standard InChI is InChI=1S/C61H98O6/c1-4-7-10-13-16-19-22-24-26-28-30-32-34-36-39-42-45-48-51-54-60(63)66-57-58(56-65-59(62)53-50-47-44-41-38-21-18-15-12-9-6-3)67-61(64)55-52-49-46-43-40-37-35-33-31-29-27-25-23-20-17-14-11-8-5-2/h7-8,10-11,15-21,24-27,30-33,38,58H,4-6,9,12-14,22-23,28-29,34-37,39-57H2,1-3H3/b10-7-,11-8-,18-15-,19-16-,20-17-,26-24-,27-25-,32-30-,33-31-,38-21-. The maximum Gasteiger partial charge on any atom is 0.306 e. The molecule has 0 fully saturated rings. The molecule has 0 spiro atoms. The van der Waals surface area contributed by atoms with Crippen molar-refractivity contribution in [3.05, 3.63) is 122 Å². The quantitative estimate of drug-likeness (QED) is 0.0199. The Hall–Kier alpha value is -4.19. The van der Waals surface area contributed by atoms with E-state index < -0.39 is 6.10 Å².